The molecule has 0 amide bonds. The second kappa shape index (κ2) is 4.25. The Bertz CT molecular complexity index is 522. The van der Waals surface area contributed by atoms with E-state index in [2.05, 4.69) is 26.1 Å². The first-order chi connectivity index (χ1) is 7.61. The van der Waals surface area contributed by atoms with Crippen molar-refractivity contribution >= 4 is 21.7 Å². The number of rotatable bonds is 2. The minimum Gasteiger partial charge on any atom is -0.382 e. The first-order valence-corrected chi connectivity index (χ1v) is 5.70. The van der Waals surface area contributed by atoms with E-state index in [4.69, 9.17) is 5.73 Å². The van der Waals surface area contributed by atoms with Crippen LogP contribution in [-0.2, 0) is 6.42 Å². The highest BCUT2D eigenvalue weighted by molar-refractivity contribution is 9.10. The Balaban J connectivity index is 2.54. The summed E-state index contributed by atoms with van der Waals surface area (Å²) in [6.45, 7) is 1.91. The number of anilines is 1. The maximum Gasteiger partial charge on any atom is 0.145 e. The van der Waals surface area contributed by atoms with Crippen LogP contribution in [0.5, 0.6) is 0 Å². The van der Waals surface area contributed by atoms with Gasteiger partial charge in [-0.05, 0) is 40.0 Å². The third kappa shape index (κ3) is 1.95. The number of halogens is 2. The molecule has 3 N–H and O–H groups in total. The van der Waals surface area contributed by atoms with E-state index >= 15 is 0 Å². The van der Waals surface area contributed by atoms with Crippen LogP contribution in [0, 0.1) is 5.82 Å². The van der Waals surface area contributed by atoms with E-state index in [1.165, 1.54) is 0 Å². The van der Waals surface area contributed by atoms with E-state index in [0.717, 1.165) is 11.3 Å². The van der Waals surface area contributed by atoms with Gasteiger partial charge >= 0.3 is 0 Å². The molecule has 16 heavy (non-hydrogen) atoms. The first kappa shape index (κ1) is 11.1. The molecule has 0 atom stereocenters. The summed E-state index contributed by atoms with van der Waals surface area (Å²) in [6, 6.07) is 5.23. The molecule has 0 saturated carbocycles. The van der Waals surface area contributed by atoms with Crippen molar-refractivity contribution in [1.29, 1.82) is 0 Å². The lowest BCUT2D eigenvalue weighted by atomic mass is 10.1. The van der Waals surface area contributed by atoms with Crippen LogP contribution in [0.25, 0.3) is 11.3 Å². The first-order valence-electron chi connectivity index (χ1n) is 4.91. The summed E-state index contributed by atoms with van der Waals surface area (Å²) >= 11 is 3.20. The molecule has 5 heteroatoms. The maximum absolute atomic E-state index is 13.6. The van der Waals surface area contributed by atoms with E-state index in [-0.39, 0.29) is 5.82 Å². The zero-order valence-corrected chi connectivity index (χ0v) is 10.3. The van der Waals surface area contributed by atoms with Crippen molar-refractivity contribution in [3.63, 3.8) is 0 Å². The summed E-state index contributed by atoms with van der Waals surface area (Å²) in [5.74, 6) is 0.215. The zero-order chi connectivity index (χ0) is 11.7. The zero-order valence-electron chi connectivity index (χ0n) is 8.72. The summed E-state index contributed by atoms with van der Waals surface area (Å²) < 4.78 is 14.1. The number of nitrogens with zero attached hydrogens (tertiary/aromatic N) is 1. The summed E-state index contributed by atoms with van der Waals surface area (Å²) in [4.78, 5) is 0. The van der Waals surface area contributed by atoms with Gasteiger partial charge in [0.05, 0.1) is 10.2 Å². The number of H-pyrrole nitrogens is 1. The largest absolute Gasteiger partial charge is 0.382 e. The van der Waals surface area contributed by atoms with E-state index < -0.39 is 0 Å². The van der Waals surface area contributed by atoms with Crippen LogP contribution in [-0.4, -0.2) is 10.2 Å². The monoisotopic (exact) mass is 283 g/mol. The van der Waals surface area contributed by atoms with Crippen molar-refractivity contribution in [2.75, 3.05) is 5.73 Å². The number of nitrogen functional groups attached to an aromatic ring is 1. The Morgan fingerprint density at radius 2 is 2.19 bits per heavy atom. The highest BCUT2D eigenvalue weighted by Crippen LogP contribution is 2.28. The summed E-state index contributed by atoms with van der Waals surface area (Å²) in [5.41, 5.74) is 7.85. The smallest absolute Gasteiger partial charge is 0.145 e. The molecule has 1 aromatic heterocycles. The molecule has 0 aliphatic carbocycles. The fourth-order valence-corrected chi connectivity index (χ4v) is 2.05. The molecule has 0 spiro atoms. The number of nitrogens with two attached hydrogens (primary N) is 1. The summed E-state index contributed by atoms with van der Waals surface area (Å²) in [6.07, 6.45) is 0.641. The molecule has 0 unspecified atom stereocenters. The highest BCUT2D eigenvalue weighted by atomic mass is 79.9. The minimum atomic E-state index is -0.210. The van der Waals surface area contributed by atoms with Crippen molar-refractivity contribution in [3.05, 3.63) is 34.1 Å². The second-order valence-corrected chi connectivity index (χ2v) is 4.35. The normalized spacial score (nSPS) is 10.7. The Kier molecular flexibility index (Phi) is 2.96. The van der Waals surface area contributed by atoms with E-state index in [1.54, 1.807) is 18.2 Å². The molecular weight excluding hydrogens is 273 g/mol. The average Bonchev–Trinajstić information content (AvgIpc) is 2.69. The Hall–Kier alpha value is -1.36. The number of aromatic nitrogens is 2. The van der Waals surface area contributed by atoms with Crippen LogP contribution in [0.3, 0.4) is 0 Å². The number of hydrogen-bond donors (Lipinski definition) is 2. The highest BCUT2D eigenvalue weighted by Gasteiger charge is 2.10. The van der Waals surface area contributed by atoms with Gasteiger partial charge in [0.25, 0.3) is 0 Å². The maximum atomic E-state index is 13.6. The fraction of sp³-hybridized carbons (Fsp3) is 0.182. The van der Waals surface area contributed by atoms with Gasteiger partial charge in [0.2, 0.25) is 0 Å². The summed E-state index contributed by atoms with van der Waals surface area (Å²) in [7, 11) is 0. The number of benzene rings is 1. The van der Waals surface area contributed by atoms with Crippen LogP contribution in [0.15, 0.2) is 22.7 Å². The Morgan fingerprint density at radius 1 is 1.44 bits per heavy atom. The lowest BCUT2D eigenvalue weighted by Gasteiger charge is -2.05. The number of hydrogen-bond acceptors (Lipinski definition) is 2. The average molecular weight is 284 g/mol. The molecule has 84 valence electrons. The van der Waals surface area contributed by atoms with Crippen LogP contribution in [0.4, 0.5) is 10.2 Å². The van der Waals surface area contributed by atoms with Gasteiger partial charge in [-0.25, -0.2) is 4.39 Å². The predicted molar refractivity (Wildman–Crippen MR) is 65.5 cm³/mol. The van der Waals surface area contributed by atoms with Gasteiger partial charge in [-0.15, -0.1) is 0 Å². The lowest BCUT2D eigenvalue weighted by molar-refractivity contribution is 0.606. The molecule has 2 aromatic rings. The third-order valence-electron chi connectivity index (χ3n) is 2.39. The Labute approximate surface area is 101 Å². The van der Waals surface area contributed by atoms with Crippen molar-refractivity contribution in [2.45, 2.75) is 13.3 Å². The SMILES string of the molecule is CCc1cc(-c2cc(N)n[nH]2)cc(Br)c1F. The van der Waals surface area contributed by atoms with Crippen molar-refractivity contribution < 1.29 is 4.39 Å². The van der Waals surface area contributed by atoms with Crippen LogP contribution in [0.1, 0.15) is 12.5 Å². The standard InChI is InChI=1S/C11H11BrFN3/c1-2-6-3-7(4-8(12)11(6)13)9-5-10(14)16-15-9/h3-5H,2H2,1H3,(H3,14,15,16). The molecule has 0 radical (unpaired) electrons. The van der Waals surface area contributed by atoms with Gasteiger partial charge in [0, 0.05) is 11.6 Å². The van der Waals surface area contributed by atoms with Gasteiger partial charge in [0.1, 0.15) is 11.6 Å². The molecule has 0 saturated heterocycles. The van der Waals surface area contributed by atoms with Gasteiger partial charge in [-0.1, -0.05) is 6.92 Å². The molecule has 1 heterocycles. The lowest BCUT2D eigenvalue weighted by Crippen LogP contribution is -1.91. The second-order valence-electron chi connectivity index (χ2n) is 3.49. The predicted octanol–water partition coefficient (Wildman–Crippen LogP) is 3.12. The van der Waals surface area contributed by atoms with E-state index in [1.807, 2.05) is 6.92 Å². The number of aromatic amines is 1. The molecule has 2 rings (SSSR count). The van der Waals surface area contributed by atoms with Crippen LogP contribution in [0.2, 0.25) is 0 Å². The van der Waals surface area contributed by atoms with Gasteiger partial charge < -0.3 is 5.73 Å². The van der Waals surface area contributed by atoms with Crippen LogP contribution >= 0.6 is 15.9 Å². The molecule has 1 aromatic carbocycles. The molecule has 0 aliphatic heterocycles. The fourth-order valence-electron chi connectivity index (χ4n) is 1.54. The molecule has 0 fully saturated rings. The molecular formula is C11H11BrFN3. The van der Waals surface area contributed by atoms with E-state index in [0.29, 0.717) is 22.3 Å². The quantitative estimate of drug-likeness (QED) is 0.890. The van der Waals surface area contributed by atoms with Crippen LogP contribution < -0.4 is 5.73 Å². The molecule has 0 aliphatic rings. The van der Waals surface area contributed by atoms with Gasteiger partial charge in [-0.3, -0.25) is 5.10 Å². The number of nitrogens with one attached hydrogen (secondary N) is 1. The third-order valence-corrected chi connectivity index (χ3v) is 2.97. The minimum absolute atomic E-state index is 0.210. The number of aryl methyl sites for hydroxylation is 1. The van der Waals surface area contributed by atoms with E-state index in [9.17, 15) is 4.39 Å². The van der Waals surface area contributed by atoms with Gasteiger partial charge in [0.15, 0.2) is 0 Å². The topological polar surface area (TPSA) is 54.7 Å². The molecule has 0 bridgehead atoms. The van der Waals surface area contributed by atoms with Crippen molar-refractivity contribution in [2.24, 2.45) is 0 Å². The van der Waals surface area contributed by atoms with Crippen molar-refractivity contribution in [1.82, 2.24) is 10.2 Å². The summed E-state index contributed by atoms with van der Waals surface area (Å²) in [5, 5.41) is 6.65. The van der Waals surface area contributed by atoms with Gasteiger partial charge in [-0.2, -0.15) is 5.10 Å². The molecule has 3 nitrogen and oxygen atoms in total. The Morgan fingerprint density at radius 3 is 2.75 bits per heavy atom. The van der Waals surface area contributed by atoms with Crippen molar-refractivity contribution in [3.8, 4) is 11.3 Å².